The first-order chi connectivity index (χ1) is 63.2. The summed E-state index contributed by atoms with van der Waals surface area (Å²) < 4.78 is 67.5. The summed E-state index contributed by atoms with van der Waals surface area (Å²) in [5, 5.41) is 20.8. The molecule has 26 nitrogen and oxygen atoms in total. The van der Waals surface area contributed by atoms with E-state index in [4.69, 9.17) is 56.8 Å². The molecule has 2 N–H and O–H groups in total. The van der Waals surface area contributed by atoms with Crippen LogP contribution in [0.2, 0.25) is 0 Å². The van der Waals surface area contributed by atoms with Gasteiger partial charge in [-0.2, -0.15) is 0 Å². The topological polar surface area (TPSA) is 328 Å². The average molecular weight is 1860 g/mol. The number of carbonyl (C=O) groups is 10. The summed E-state index contributed by atoms with van der Waals surface area (Å²) in [5.41, 5.74) is 1.22. The molecule has 0 aromatic rings. The molecule has 22 fully saturated rings. The highest BCUT2D eigenvalue weighted by Crippen LogP contribution is 2.72. The SMILES string of the molecule is C=C1CC2(CCC(OC3CCCCO3)CC2)OC1=O.C=C1CC2(CCC3(C)C(CCC4C5CCC(O)C5(C)CCC43)C2)OC1=O.C=C1CC2(CCC3C4CCC5CC(O)CCC5(C)C4CCC32C)OC1=O.C=C1CC2(CCCC2C(=O)OC2C3CC4C(=O)OC2C4C3)OC1=O.C=C1CC2(CCN(C(=O)OC(C)(C)C)CC2)OC1=O.C=C1CC2(CCN(C(=O)OC(C)(C)CC)CC2)OC1=O. The molecule has 134 heavy (non-hydrogen) atoms. The van der Waals surface area contributed by atoms with Gasteiger partial charge in [0.15, 0.2) is 6.29 Å². The summed E-state index contributed by atoms with van der Waals surface area (Å²) in [5.74, 6) is 3.97. The maximum absolute atomic E-state index is 12.8. The normalized spacial score (nSPS) is 42.5. The number of hydrogen-bond donors (Lipinski definition) is 2. The van der Waals surface area contributed by atoms with Gasteiger partial charge in [-0.3, -0.25) is 9.59 Å². The van der Waals surface area contributed by atoms with Gasteiger partial charge >= 0.3 is 59.9 Å². The number of carbonyl (C=O) groups excluding carboxylic acids is 10. The number of hydrogen-bond acceptors (Lipinski definition) is 24. The Balaban J connectivity index is 0.000000113. The van der Waals surface area contributed by atoms with Gasteiger partial charge in [-0.25, -0.2) is 38.4 Å². The molecule has 22 rings (SSSR count). The molecule has 12 saturated carbocycles. The van der Waals surface area contributed by atoms with Crippen LogP contribution < -0.4 is 0 Å². The molecule has 2 bridgehead atoms. The number of fused-ring (bicyclic) bond motifs is 12. The second-order valence-electron chi connectivity index (χ2n) is 48.2. The van der Waals surface area contributed by atoms with Crippen LogP contribution in [0.4, 0.5) is 9.59 Å². The van der Waals surface area contributed by atoms with E-state index in [-0.39, 0.29) is 136 Å². The van der Waals surface area contributed by atoms with E-state index in [1.807, 2.05) is 41.5 Å². The number of esters is 8. The Labute approximate surface area is 793 Å². The number of rotatable bonds is 6. The molecule has 10 saturated heterocycles. The molecule has 24 atom stereocenters. The van der Waals surface area contributed by atoms with Crippen molar-refractivity contribution in [2.24, 2.45) is 92.7 Å². The molecule has 0 aromatic carbocycles. The zero-order valence-electron chi connectivity index (χ0n) is 81.9. The predicted octanol–water partition coefficient (Wildman–Crippen LogP) is 18.4. The Kier molecular flexibility index (Phi) is 26.9. The van der Waals surface area contributed by atoms with E-state index < -0.39 is 39.9 Å². The van der Waals surface area contributed by atoms with Crippen LogP contribution in [-0.4, -0.2) is 194 Å². The lowest BCUT2D eigenvalue weighted by Gasteiger charge is -2.61. The van der Waals surface area contributed by atoms with E-state index in [1.165, 1.54) is 83.5 Å². The maximum Gasteiger partial charge on any atom is 0.410 e. The zero-order chi connectivity index (χ0) is 95.8. The smallest absolute Gasteiger partial charge is 0.410 e. The summed E-state index contributed by atoms with van der Waals surface area (Å²) in [6, 6.07) is 0. The fraction of sp³-hybridized carbons (Fsp3) is 0.796. The zero-order valence-corrected chi connectivity index (χ0v) is 81.9. The van der Waals surface area contributed by atoms with Crippen molar-refractivity contribution in [3.63, 3.8) is 0 Å². The van der Waals surface area contributed by atoms with Crippen LogP contribution in [0.15, 0.2) is 72.9 Å². The molecular formula is C108H154N2O24. The summed E-state index contributed by atoms with van der Waals surface area (Å²) in [4.78, 5) is 122. The van der Waals surface area contributed by atoms with Gasteiger partial charge in [0.1, 0.15) is 57.0 Å². The molecule has 24 unspecified atom stereocenters. The number of piperidine rings is 2. The lowest BCUT2D eigenvalue weighted by Crippen LogP contribution is -2.56. The maximum atomic E-state index is 12.8. The third-order valence-electron chi connectivity index (χ3n) is 38.9. The molecule has 22 aliphatic rings. The highest BCUT2D eigenvalue weighted by atomic mass is 16.7. The molecule has 10 aliphatic heterocycles. The van der Waals surface area contributed by atoms with Gasteiger partial charge < -0.3 is 76.9 Å². The van der Waals surface area contributed by atoms with Crippen molar-refractivity contribution in [1.29, 1.82) is 0 Å². The largest absolute Gasteiger partial charge is 0.458 e. The lowest BCUT2D eigenvalue weighted by atomic mass is 9.44. The van der Waals surface area contributed by atoms with E-state index >= 15 is 0 Å². The quantitative estimate of drug-likeness (QED) is 0.142. The van der Waals surface area contributed by atoms with E-state index in [9.17, 15) is 58.2 Å². The van der Waals surface area contributed by atoms with Gasteiger partial charge in [0.05, 0.1) is 30.1 Å². The second-order valence-corrected chi connectivity index (χ2v) is 48.2. The second kappa shape index (κ2) is 36.7. The van der Waals surface area contributed by atoms with Gasteiger partial charge in [-0.15, -0.1) is 0 Å². The number of likely N-dealkylation sites (tertiary alicyclic amines) is 2. The van der Waals surface area contributed by atoms with Crippen LogP contribution in [0.5, 0.6) is 0 Å². The summed E-state index contributed by atoms with van der Waals surface area (Å²) in [6.45, 7) is 47.1. The minimum atomic E-state index is -0.766. The molecule has 10 heterocycles. The molecule has 6 spiro atoms. The van der Waals surface area contributed by atoms with Crippen molar-refractivity contribution in [3.05, 3.63) is 72.9 Å². The van der Waals surface area contributed by atoms with Gasteiger partial charge in [-0.1, -0.05) is 74.1 Å². The molecule has 2 amide bonds. The third-order valence-corrected chi connectivity index (χ3v) is 38.9. The molecule has 740 valence electrons. The van der Waals surface area contributed by atoms with Crippen molar-refractivity contribution in [1.82, 2.24) is 9.80 Å². The Bertz CT molecular complexity index is 4550. The molecule has 26 heteroatoms. The number of aliphatic hydroxyl groups is 2. The van der Waals surface area contributed by atoms with Crippen molar-refractivity contribution >= 4 is 59.9 Å². The van der Waals surface area contributed by atoms with Crippen molar-refractivity contribution < 1.29 is 115 Å². The van der Waals surface area contributed by atoms with E-state index in [1.54, 1.807) is 9.80 Å². The van der Waals surface area contributed by atoms with E-state index in [0.717, 1.165) is 146 Å². The first-order valence-electron chi connectivity index (χ1n) is 51.7. The first kappa shape index (κ1) is 98.2. The van der Waals surface area contributed by atoms with E-state index in [2.05, 4.69) is 67.2 Å². The molecule has 0 radical (unpaired) electrons. The Morgan fingerprint density at radius 1 is 0.455 bits per heavy atom. The van der Waals surface area contributed by atoms with Crippen LogP contribution >= 0.6 is 0 Å². The molecular weight excluding hydrogens is 1710 g/mol. The van der Waals surface area contributed by atoms with Crippen LogP contribution in [0.3, 0.4) is 0 Å². The van der Waals surface area contributed by atoms with Crippen molar-refractivity contribution in [2.45, 2.75) is 414 Å². The standard InChI is InChI=1S/2C23H34O3.C18H20O6.C15H23NO4.C15H22O4.C14H21NO4/c1-14-13-23(26-20(14)25)11-8-19-17-5-4-15-12-16(24)6-9-21(15,2)18(17)7-10-22(19,23)3;1-14-12-23(26-20(14)25)11-10-21(2)15(13-23)4-5-16-17-6-7-19(24)22(17,3)9-8-18(16)21;1-8-7-18(24-15(8)19)4-2-3-12(18)17(21)22-13-9-5-10-11(6-9)16(20)23-14(10)13;1-5-14(3,4)20-13(18)16-8-6-15(7-9-16)10-11(2)12(17)19-15;1-11-10-15(19-14(11)16)7-5-12(6-8-15)18-13-4-2-3-9-17-13;1-10-9-14(18-11(10)16)5-7-15(8-6-14)12(17)19-13(2,3)4/h2*15-19,24H,1,4-13H2,2-3H3;9-14H,1-7H2;2,5-10H2,1,3-4H3;12-13H,1-10H2;1,5-9H2,2-4H3. The Morgan fingerprint density at radius 3 is 1.51 bits per heavy atom. The summed E-state index contributed by atoms with van der Waals surface area (Å²) in [6.07, 6.45) is 37.9. The minimum absolute atomic E-state index is 0.00638. The van der Waals surface area contributed by atoms with Gasteiger partial charge in [-0.05, 0) is 297 Å². The number of ether oxygens (including phenoxy) is 12. The fourth-order valence-corrected chi connectivity index (χ4v) is 30.8. The highest BCUT2D eigenvalue weighted by molar-refractivity contribution is 5.94. The van der Waals surface area contributed by atoms with Crippen LogP contribution in [0.25, 0.3) is 0 Å². The van der Waals surface area contributed by atoms with Gasteiger partial charge in [0.25, 0.3) is 0 Å². The minimum Gasteiger partial charge on any atom is -0.458 e. The molecule has 12 aliphatic carbocycles. The number of nitrogens with zero attached hydrogens (tertiary/aromatic N) is 2. The summed E-state index contributed by atoms with van der Waals surface area (Å²) >= 11 is 0. The lowest BCUT2D eigenvalue weighted by molar-refractivity contribution is -0.201. The van der Waals surface area contributed by atoms with Crippen molar-refractivity contribution in [2.75, 3.05) is 32.8 Å². The third kappa shape index (κ3) is 18.5. The highest BCUT2D eigenvalue weighted by Gasteiger charge is 2.70. The van der Waals surface area contributed by atoms with E-state index in [0.29, 0.717) is 158 Å². The van der Waals surface area contributed by atoms with Crippen LogP contribution in [0.1, 0.15) is 332 Å². The monoisotopic (exact) mass is 1860 g/mol. The Hall–Kier alpha value is -7.42. The average Bonchev–Trinajstić information content (AvgIpc) is 1.49. The Morgan fingerprint density at radius 2 is 0.970 bits per heavy atom. The van der Waals surface area contributed by atoms with Gasteiger partial charge in [0, 0.05) is 148 Å². The van der Waals surface area contributed by atoms with Crippen molar-refractivity contribution in [3.8, 4) is 0 Å². The number of amides is 2. The number of aliphatic hydroxyl groups excluding tert-OH is 2. The van der Waals surface area contributed by atoms with Crippen LogP contribution in [0, 0.1) is 92.7 Å². The fourth-order valence-electron chi connectivity index (χ4n) is 30.8. The predicted molar refractivity (Wildman–Crippen MR) is 493 cm³/mol. The molecule has 0 aromatic heterocycles. The first-order valence-corrected chi connectivity index (χ1v) is 51.7. The summed E-state index contributed by atoms with van der Waals surface area (Å²) in [7, 11) is 0. The van der Waals surface area contributed by atoms with Crippen LogP contribution in [-0.2, 0) is 95.2 Å². The van der Waals surface area contributed by atoms with Gasteiger partial charge in [0.2, 0.25) is 0 Å².